The van der Waals surface area contributed by atoms with Crippen molar-refractivity contribution in [2.45, 2.75) is 11.4 Å². The van der Waals surface area contributed by atoms with Crippen LogP contribution < -0.4 is 10.0 Å². The Morgan fingerprint density at radius 1 is 0.852 bits per heavy atom. The van der Waals surface area contributed by atoms with Gasteiger partial charge < -0.3 is 5.32 Å². The number of anilines is 1. The van der Waals surface area contributed by atoms with Crippen molar-refractivity contribution in [3.63, 3.8) is 0 Å². The topological polar surface area (TPSA) is 84.0 Å². The Morgan fingerprint density at radius 3 is 2.37 bits per heavy atom. The zero-order chi connectivity index (χ0) is 18.9. The number of benzene rings is 3. The van der Waals surface area contributed by atoms with Crippen LogP contribution in [0.4, 0.5) is 5.82 Å². The lowest BCUT2D eigenvalue weighted by Gasteiger charge is -2.11. The van der Waals surface area contributed by atoms with Crippen LogP contribution in [0.15, 0.2) is 71.6 Å². The zero-order valence-corrected chi connectivity index (χ0v) is 15.5. The van der Waals surface area contributed by atoms with Gasteiger partial charge in [-0.25, -0.2) is 23.1 Å². The van der Waals surface area contributed by atoms with Crippen molar-refractivity contribution in [1.29, 1.82) is 0 Å². The van der Waals surface area contributed by atoms with Gasteiger partial charge >= 0.3 is 0 Å². The molecular formula is C20H18N4O2S. The molecule has 0 amide bonds. The highest BCUT2D eigenvalue weighted by molar-refractivity contribution is 7.89. The summed E-state index contributed by atoms with van der Waals surface area (Å²) in [5, 5.41) is 5.48. The lowest BCUT2D eigenvalue weighted by atomic mass is 10.1. The van der Waals surface area contributed by atoms with Crippen LogP contribution in [0.1, 0.15) is 5.82 Å². The Hall–Kier alpha value is -3.03. The molecule has 1 aromatic heterocycles. The third-order valence-electron chi connectivity index (χ3n) is 4.35. The summed E-state index contributed by atoms with van der Waals surface area (Å²) < 4.78 is 28.3. The van der Waals surface area contributed by atoms with Crippen LogP contribution in [0.25, 0.3) is 21.7 Å². The molecule has 136 valence electrons. The van der Waals surface area contributed by atoms with E-state index < -0.39 is 10.0 Å². The average Bonchev–Trinajstić information content (AvgIpc) is 2.71. The Kier molecular flexibility index (Phi) is 4.47. The summed E-state index contributed by atoms with van der Waals surface area (Å²) in [6, 6.07) is 20.2. The molecule has 0 bridgehead atoms. The van der Waals surface area contributed by atoms with Crippen LogP contribution in [0.3, 0.4) is 0 Å². The van der Waals surface area contributed by atoms with Crippen molar-refractivity contribution in [3.05, 3.63) is 72.6 Å². The highest BCUT2D eigenvalue weighted by Crippen LogP contribution is 2.23. The molecule has 1 heterocycles. The van der Waals surface area contributed by atoms with Gasteiger partial charge in [0.25, 0.3) is 0 Å². The van der Waals surface area contributed by atoms with E-state index in [0.29, 0.717) is 17.0 Å². The minimum Gasteiger partial charge on any atom is -0.373 e. The lowest BCUT2D eigenvalue weighted by Crippen LogP contribution is -2.24. The summed E-state index contributed by atoms with van der Waals surface area (Å²) in [5.41, 5.74) is 0.760. The van der Waals surface area contributed by atoms with E-state index >= 15 is 0 Å². The first-order valence-electron chi connectivity index (χ1n) is 8.49. The standard InChI is InChI=1S/C20H18N4O2S/c1-21-20-16-10-4-5-11-17(16)23-19(24-20)13-22-27(25,26)18-12-6-8-14-7-2-3-9-15(14)18/h2-12,22H,13H2,1H3,(H,21,23,24). The molecule has 0 fully saturated rings. The second kappa shape index (κ2) is 6.94. The van der Waals surface area contributed by atoms with E-state index in [1.807, 2.05) is 48.5 Å². The largest absolute Gasteiger partial charge is 0.373 e. The van der Waals surface area contributed by atoms with E-state index in [2.05, 4.69) is 20.0 Å². The highest BCUT2D eigenvalue weighted by Gasteiger charge is 2.18. The molecule has 0 unspecified atom stereocenters. The molecule has 3 aromatic carbocycles. The third kappa shape index (κ3) is 3.34. The number of aromatic nitrogens is 2. The minimum atomic E-state index is -3.71. The van der Waals surface area contributed by atoms with Crippen LogP contribution in [-0.2, 0) is 16.6 Å². The summed E-state index contributed by atoms with van der Waals surface area (Å²) in [7, 11) is -1.93. The first kappa shape index (κ1) is 17.4. The van der Waals surface area contributed by atoms with Crippen molar-refractivity contribution < 1.29 is 8.42 Å². The number of sulfonamides is 1. The maximum absolute atomic E-state index is 12.9. The van der Waals surface area contributed by atoms with Gasteiger partial charge in [-0.15, -0.1) is 0 Å². The smallest absolute Gasteiger partial charge is 0.241 e. The number of rotatable bonds is 5. The molecule has 0 atom stereocenters. The van der Waals surface area contributed by atoms with E-state index in [4.69, 9.17) is 0 Å². The molecule has 4 aromatic rings. The van der Waals surface area contributed by atoms with E-state index in [-0.39, 0.29) is 11.4 Å². The summed E-state index contributed by atoms with van der Waals surface area (Å²) in [6.45, 7) is 0.00503. The lowest BCUT2D eigenvalue weighted by molar-refractivity contribution is 0.580. The summed E-state index contributed by atoms with van der Waals surface area (Å²) in [5.74, 6) is 1.07. The van der Waals surface area contributed by atoms with Crippen molar-refractivity contribution in [2.75, 3.05) is 12.4 Å². The Labute approximate surface area is 157 Å². The molecule has 2 N–H and O–H groups in total. The number of fused-ring (bicyclic) bond motifs is 2. The van der Waals surface area contributed by atoms with Gasteiger partial charge in [0.1, 0.15) is 11.6 Å². The number of para-hydroxylation sites is 1. The summed E-state index contributed by atoms with van der Waals surface area (Å²) >= 11 is 0. The normalized spacial score (nSPS) is 11.7. The predicted octanol–water partition coefficient (Wildman–Crippen LogP) is 3.30. The molecule has 0 saturated carbocycles. The van der Waals surface area contributed by atoms with E-state index in [1.165, 1.54) is 0 Å². The fourth-order valence-electron chi connectivity index (χ4n) is 3.06. The Balaban J connectivity index is 1.67. The molecule has 4 rings (SSSR count). The van der Waals surface area contributed by atoms with Gasteiger partial charge in [-0.2, -0.15) is 0 Å². The second-order valence-corrected chi connectivity index (χ2v) is 7.79. The monoisotopic (exact) mass is 378 g/mol. The highest BCUT2D eigenvalue weighted by atomic mass is 32.2. The van der Waals surface area contributed by atoms with Gasteiger partial charge in [0.15, 0.2) is 0 Å². The van der Waals surface area contributed by atoms with Crippen LogP contribution in [0, 0.1) is 0 Å². The molecule has 0 saturated heterocycles. The van der Waals surface area contributed by atoms with E-state index in [1.54, 1.807) is 25.2 Å². The molecule has 0 radical (unpaired) electrons. The van der Waals surface area contributed by atoms with Gasteiger partial charge in [-0.05, 0) is 23.6 Å². The van der Waals surface area contributed by atoms with Gasteiger partial charge in [-0.1, -0.05) is 48.5 Å². The maximum atomic E-state index is 12.9. The van der Waals surface area contributed by atoms with Gasteiger partial charge in [0.05, 0.1) is 17.0 Å². The number of nitrogens with one attached hydrogen (secondary N) is 2. The number of hydrogen-bond donors (Lipinski definition) is 2. The molecule has 0 aliphatic heterocycles. The minimum absolute atomic E-state index is 0.00503. The summed E-state index contributed by atoms with van der Waals surface area (Å²) in [4.78, 5) is 9.14. The predicted molar refractivity (Wildman–Crippen MR) is 107 cm³/mol. The average molecular weight is 378 g/mol. The molecule has 0 aliphatic carbocycles. The van der Waals surface area contributed by atoms with Crippen molar-refractivity contribution >= 4 is 37.5 Å². The van der Waals surface area contributed by atoms with Gasteiger partial charge in [0, 0.05) is 17.8 Å². The molecule has 6 nitrogen and oxygen atoms in total. The second-order valence-electron chi connectivity index (χ2n) is 6.06. The molecular weight excluding hydrogens is 360 g/mol. The first-order valence-corrected chi connectivity index (χ1v) is 9.97. The van der Waals surface area contributed by atoms with Crippen LogP contribution in [-0.4, -0.2) is 25.4 Å². The Bertz CT molecular complexity index is 1230. The van der Waals surface area contributed by atoms with Crippen LogP contribution >= 0.6 is 0 Å². The van der Waals surface area contributed by atoms with Crippen molar-refractivity contribution in [1.82, 2.24) is 14.7 Å². The SMILES string of the molecule is CNc1nc(CNS(=O)(=O)c2cccc3ccccc23)nc2ccccc12. The van der Waals surface area contributed by atoms with Crippen LogP contribution in [0.2, 0.25) is 0 Å². The molecule has 27 heavy (non-hydrogen) atoms. The van der Waals surface area contributed by atoms with Crippen molar-refractivity contribution in [3.8, 4) is 0 Å². The van der Waals surface area contributed by atoms with Crippen LogP contribution in [0.5, 0.6) is 0 Å². The number of nitrogens with zero attached hydrogens (tertiary/aromatic N) is 2. The van der Waals surface area contributed by atoms with Crippen molar-refractivity contribution in [2.24, 2.45) is 0 Å². The summed E-state index contributed by atoms with van der Waals surface area (Å²) in [6.07, 6.45) is 0. The quantitative estimate of drug-likeness (QED) is 0.557. The Morgan fingerprint density at radius 2 is 1.56 bits per heavy atom. The number of hydrogen-bond acceptors (Lipinski definition) is 5. The fourth-order valence-corrected chi connectivity index (χ4v) is 4.27. The maximum Gasteiger partial charge on any atom is 0.241 e. The van der Waals surface area contributed by atoms with Gasteiger partial charge in [-0.3, -0.25) is 0 Å². The van der Waals surface area contributed by atoms with E-state index in [0.717, 1.165) is 16.3 Å². The zero-order valence-electron chi connectivity index (χ0n) is 14.7. The molecule has 0 spiro atoms. The van der Waals surface area contributed by atoms with E-state index in [9.17, 15) is 8.42 Å². The first-order chi connectivity index (χ1) is 13.1. The van der Waals surface area contributed by atoms with Gasteiger partial charge in [0.2, 0.25) is 10.0 Å². The third-order valence-corrected chi connectivity index (χ3v) is 5.81. The molecule has 7 heteroatoms. The molecule has 0 aliphatic rings. The fraction of sp³-hybridized carbons (Fsp3) is 0.100.